The van der Waals surface area contributed by atoms with Gasteiger partial charge in [-0.1, -0.05) is 12.1 Å². The lowest BCUT2D eigenvalue weighted by Crippen LogP contribution is -2.32. The molecule has 10 nitrogen and oxygen atoms in total. The van der Waals surface area contributed by atoms with Gasteiger partial charge in [0, 0.05) is 5.75 Å². The number of carbonyl (C=O) groups is 3. The molecule has 0 aliphatic rings. The summed E-state index contributed by atoms with van der Waals surface area (Å²) in [6.07, 6.45) is 0.273. The van der Waals surface area contributed by atoms with Gasteiger partial charge in [-0.2, -0.15) is 12.6 Å². The third-order valence-electron chi connectivity index (χ3n) is 2.40. The zero-order chi connectivity index (χ0) is 20.0. The maximum Gasteiger partial charge on any atom is 0.321 e. The first-order valence-electron chi connectivity index (χ1n) is 6.82. The number of nitrogens with two attached hydrogens (primary N) is 3. The number of hydrogen-bond acceptors (Lipinski definition) is 8. The predicted octanol–water partition coefficient (Wildman–Crippen LogP) is -1.30. The number of phenols is 1. The van der Waals surface area contributed by atoms with Crippen LogP contribution in [0.5, 0.6) is 5.75 Å². The highest BCUT2D eigenvalue weighted by Crippen LogP contribution is 2.10. The first kappa shape index (κ1) is 24.9. The van der Waals surface area contributed by atoms with E-state index in [-0.39, 0.29) is 24.5 Å². The molecule has 0 aliphatic carbocycles. The number of phenolic OH excluding ortho intramolecular Hbond substituents is 1. The van der Waals surface area contributed by atoms with Crippen molar-refractivity contribution < 1.29 is 34.8 Å². The molecule has 0 saturated carbocycles. The zero-order valence-corrected chi connectivity index (χ0v) is 14.2. The van der Waals surface area contributed by atoms with Crippen LogP contribution >= 0.6 is 12.6 Å². The second-order valence-electron chi connectivity index (χ2n) is 4.54. The number of benzene rings is 1. The van der Waals surface area contributed by atoms with Crippen LogP contribution in [-0.4, -0.2) is 62.7 Å². The Morgan fingerprint density at radius 3 is 1.60 bits per heavy atom. The van der Waals surface area contributed by atoms with Crippen LogP contribution in [0.4, 0.5) is 0 Å². The fraction of sp³-hybridized carbons (Fsp3) is 0.357. The normalized spacial score (nSPS) is 11.7. The van der Waals surface area contributed by atoms with Crippen LogP contribution < -0.4 is 17.2 Å². The Hall–Kier alpha value is -2.34. The summed E-state index contributed by atoms with van der Waals surface area (Å²) in [5.74, 6) is -2.64. The van der Waals surface area contributed by atoms with E-state index >= 15 is 0 Å². The van der Waals surface area contributed by atoms with Crippen molar-refractivity contribution in [3.63, 3.8) is 0 Å². The molecular weight excluding hydrogens is 354 g/mol. The third kappa shape index (κ3) is 15.0. The maximum atomic E-state index is 10.4. The van der Waals surface area contributed by atoms with Crippen LogP contribution in [0.1, 0.15) is 5.56 Å². The molecule has 11 heteroatoms. The topological polar surface area (TPSA) is 210 Å². The summed E-state index contributed by atoms with van der Waals surface area (Å²) in [5.41, 5.74) is 15.6. The Bertz CT molecular complexity index is 540. The average molecular weight is 377 g/mol. The van der Waals surface area contributed by atoms with Gasteiger partial charge in [-0.3, -0.25) is 14.4 Å². The minimum Gasteiger partial charge on any atom is -0.508 e. The molecule has 0 amide bonds. The number of carboxylic acids is 3. The lowest BCUT2D eigenvalue weighted by Gasteiger charge is -2.05. The minimum atomic E-state index is -1.02. The molecule has 142 valence electrons. The highest BCUT2D eigenvalue weighted by molar-refractivity contribution is 7.80. The number of thiol groups is 1. The Labute approximate surface area is 149 Å². The first-order valence-corrected chi connectivity index (χ1v) is 7.45. The van der Waals surface area contributed by atoms with Gasteiger partial charge in [0.15, 0.2) is 0 Å². The Morgan fingerprint density at radius 2 is 1.36 bits per heavy atom. The van der Waals surface area contributed by atoms with Gasteiger partial charge >= 0.3 is 17.9 Å². The van der Waals surface area contributed by atoms with E-state index in [0.29, 0.717) is 0 Å². The molecule has 0 radical (unpaired) electrons. The van der Waals surface area contributed by atoms with Gasteiger partial charge in [-0.25, -0.2) is 0 Å². The Kier molecular flexibility index (Phi) is 14.0. The average Bonchev–Trinajstić information content (AvgIpc) is 2.56. The second-order valence-corrected chi connectivity index (χ2v) is 4.91. The van der Waals surface area contributed by atoms with Gasteiger partial charge in [0.2, 0.25) is 0 Å². The van der Waals surface area contributed by atoms with Gasteiger partial charge in [0.1, 0.15) is 17.8 Å². The van der Waals surface area contributed by atoms with E-state index in [9.17, 15) is 14.4 Å². The van der Waals surface area contributed by atoms with Gasteiger partial charge in [-0.05, 0) is 24.1 Å². The molecule has 0 aliphatic heterocycles. The van der Waals surface area contributed by atoms with Crippen molar-refractivity contribution in [2.24, 2.45) is 17.2 Å². The van der Waals surface area contributed by atoms with Crippen LogP contribution in [0.3, 0.4) is 0 Å². The number of aliphatic carboxylic acids is 3. The SMILES string of the molecule is NCC(=O)O.N[C@@H](CS)C(=O)O.N[C@@H](Cc1ccc(O)cc1)C(=O)O. The molecule has 2 atom stereocenters. The molecule has 0 heterocycles. The minimum absolute atomic E-state index is 0.160. The molecule has 1 aromatic carbocycles. The summed E-state index contributed by atoms with van der Waals surface area (Å²) in [6.45, 7) is -0.278. The maximum absolute atomic E-state index is 10.4. The third-order valence-corrected chi connectivity index (χ3v) is 2.79. The molecule has 0 fully saturated rings. The van der Waals surface area contributed by atoms with E-state index in [1.54, 1.807) is 12.1 Å². The molecule has 0 saturated heterocycles. The molecule has 10 N–H and O–H groups in total. The van der Waals surface area contributed by atoms with Gasteiger partial charge < -0.3 is 37.6 Å². The monoisotopic (exact) mass is 377 g/mol. The molecule has 25 heavy (non-hydrogen) atoms. The summed E-state index contributed by atoms with van der Waals surface area (Å²) in [7, 11) is 0. The lowest BCUT2D eigenvalue weighted by atomic mass is 10.1. The Morgan fingerprint density at radius 1 is 0.960 bits per heavy atom. The van der Waals surface area contributed by atoms with Crippen molar-refractivity contribution >= 4 is 30.5 Å². The van der Waals surface area contributed by atoms with E-state index in [2.05, 4.69) is 18.4 Å². The standard InChI is InChI=1S/C9H11NO3.C3H7NO2S.C2H5NO2/c10-8(9(12)13)5-6-1-3-7(11)4-2-6;4-2(1-7)3(5)6;3-1-2(4)5/h1-4,8,11H,5,10H2,(H,12,13);2,7H,1,4H2,(H,5,6);1,3H2,(H,4,5)/t8-;2-;/m00./s1. The zero-order valence-electron chi connectivity index (χ0n) is 13.3. The fourth-order valence-electron chi connectivity index (χ4n) is 1.05. The smallest absolute Gasteiger partial charge is 0.321 e. The van der Waals surface area contributed by atoms with Crippen LogP contribution in [0.15, 0.2) is 24.3 Å². The Balaban J connectivity index is 0. The van der Waals surface area contributed by atoms with Crippen LogP contribution in [-0.2, 0) is 20.8 Å². The first-order chi connectivity index (χ1) is 11.5. The second kappa shape index (κ2) is 14.0. The van der Waals surface area contributed by atoms with Crippen molar-refractivity contribution in [2.45, 2.75) is 18.5 Å². The van der Waals surface area contributed by atoms with Crippen molar-refractivity contribution in [3.8, 4) is 5.75 Å². The van der Waals surface area contributed by atoms with E-state index in [0.717, 1.165) is 5.56 Å². The van der Waals surface area contributed by atoms with Crippen LogP contribution in [0.25, 0.3) is 0 Å². The molecule has 0 aromatic heterocycles. The van der Waals surface area contributed by atoms with Crippen molar-refractivity contribution in [3.05, 3.63) is 29.8 Å². The number of aromatic hydroxyl groups is 1. The van der Waals surface area contributed by atoms with Gasteiger partial charge in [0.25, 0.3) is 0 Å². The highest BCUT2D eigenvalue weighted by atomic mass is 32.1. The number of hydrogen-bond donors (Lipinski definition) is 8. The van der Waals surface area contributed by atoms with Crippen LogP contribution in [0, 0.1) is 0 Å². The largest absolute Gasteiger partial charge is 0.508 e. The number of rotatable bonds is 6. The summed E-state index contributed by atoms with van der Waals surface area (Å²) in [4.78, 5) is 29.4. The van der Waals surface area contributed by atoms with E-state index < -0.39 is 30.0 Å². The van der Waals surface area contributed by atoms with E-state index in [1.807, 2.05) is 0 Å². The summed E-state index contributed by atoms with van der Waals surface area (Å²) in [5, 5.41) is 33.1. The molecule has 1 aromatic rings. The predicted molar refractivity (Wildman–Crippen MR) is 93.6 cm³/mol. The molecule has 0 bridgehead atoms. The van der Waals surface area contributed by atoms with Crippen LogP contribution in [0.2, 0.25) is 0 Å². The van der Waals surface area contributed by atoms with Gasteiger partial charge in [-0.15, -0.1) is 0 Å². The molecule has 0 unspecified atom stereocenters. The number of carboxylic acid groups (broad SMARTS) is 3. The molecule has 1 rings (SSSR count). The fourth-order valence-corrected chi connectivity index (χ4v) is 1.21. The summed E-state index contributed by atoms with van der Waals surface area (Å²) < 4.78 is 0. The van der Waals surface area contributed by atoms with E-state index in [1.165, 1.54) is 12.1 Å². The van der Waals surface area contributed by atoms with Crippen molar-refractivity contribution in [1.82, 2.24) is 0 Å². The van der Waals surface area contributed by atoms with Crippen molar-refractivity contribution in [1.29, 1.82) is 0 Å². The summed E-state index contributed by atoms with van der Waals surface area (Å²) in [6, 6.07) is 4.61. The van der Waals surface area contributed by atoms with Crippen molar-refractivity contribution in [2.75, 3.05) is 12.3 Å². The summed E-state index contributed by atoms with van der Waals surface area (Å²) >= 11 is 3.65. The molecule has 0 spiro atoms. The molecular formula is C14H23N3O7S. The quantitative estimate of drug-likeness (QED) is 0.275. The van der Waals surface area contributed by atoms with E-state index in [4.69, 9.17) is 31.9 Å². The lowest BCUT2D eigenvalue weighted by molar-refractivity contribution is -0.139. The highest BCUT2D eigenvalue weighted by Gasteiger charge is 2.11. The van der Waals surface area contributed by atoms with Gasteiger partial charge in [0.05, 0.1) is 6.54 Å².